The highest BCUT2D eigenvalue weighted by atomic mass is 32.2. The van der Waals surface area contributed by atoms with E-state index in [-0.39, 0.29) is 17.6 Å². The number of amides is 1. The molecule has 0 fully saturated rings. The summed E-state index contributed by atoms with van der Waals surface area (Å²) in [7, 11) is -3.22. The van der Waals surface area contributed by atoms with Gasteiger partial charge in [-0.3, -0.25) is 4.79 Å². The maximum Gasteiger partial charge on any atom is 0.230 e. The van der Waals surface area contributed by atoms with Crippen LogP contribution in [-0.2, 0) is 14.6 Å². The molecule has 1 atom stereocenters. The van der Waals surface area contributed by atoms with Crippen molar-refractivity contribution in [3.63, 3.8) is 0 Å². The first-order chi connectivity index (χ1) is 10.3. The zero-order valence-electron chi connectivity index (χ0n) is 13.0. The Morgan fingerprint density at radius 1 is 1.32 bits per heavy atom. The lowest BCUT2D eigenvalue weighted by atomic mass is 10.1. The Labute approximate surface area is 131 Å². The molecule has 1 amide bonds. The normalized spacial score (nSPS) is 19.4. The maximum atomic E-state index is 12.5. The number of carbonyl (C=O) groups excluding carboxylic acids is 1. The first-order valence-corrected chi connectivity index (χ1v) is 9.02. The zero-order chi connectivity index (χ0) is 16.3. The van der Waals surface area contributed by atoms with E-state index in [2.05, 4.69) is 0 Å². The predicted octanol–water partition coefficient (Wildman–Crippen LogP) is 2.39. The van der Waals surface area contributed by atoms with Crippen molar-refractivity contribution in [3.05, 3.63) is 35.7 Å². The Morgan fingerprint density at radius 2 is 1.95 bits per heavy atom. The van der Waals surface area contributed by atoms with E-state index in [4.69, 9.17) is 4.74 Å². The second kappa shape index (κ2) is 6.52. The molecule has 1 aliphatic rings. The lowest BCUT2D eigenvalue weighted by Crippen LogP contribution is -2.43. The highest BCUT2D eigenvalue weighted by Gasteiger charge is 2.32. The first-order valence-electron chi connectivity index (χ1n) is 7.31. The van der Waals surface area contributed by atoms with Crippen molar-refractivity contribution in [1.29, 1.82) is 0 Å². The highest BCUT2D eigenvalue weighted by molar-refractivity contribution is 7.94. The van der Waals surface area contributed by atoms with Crippen LogP contribution in [0, 0.1) is 5.92 Å². The molecular formula is C16H21NO4S. The van der Waals surface area contributed by atoms with Crippen LogP contribution in [0.15, 0.2) is 35.7 Å². The Morgan fingerprint density at radius 3 is 2.41 bits per heavy atom. The van der Waals surface area contributed by atoms with Crippen LogP contribution in [0.1, 0.15) is 20.8 Å². The fourth-order valence-electron chi connectivity index (χ4n) is 2.35. The molecule has 0 aliphatic carbocycles. The largest absolute Gasteiger partial charge is 0.494 e. The Balaban J connectivity index is 2.33. The van der Waals surface area contributed by atoms with Crippen molar-refractivity contribution in [3.8, 4) is 5.75 Å². The van der Waals surface area contributed by atoms with Crippen molar-refractivity contribution >= 4 is 21.4 Å². The highest BCUT2D eigenvalue weighted by Crippen LogP contribution is 2.26. The monoisotopic (exact) mass is 323 g/mol. The molecule has 5 nitrogen and oxygen atoms in total. The fourth-order valence-corrected chi connectivity index (χ4v) is 3.62. The van der Waals surface area contributed by atoms with E-state index in [0.717, 1.165) is 5.75 Å². The summed E-state index contributed by atoms with van der Waals surface area (Å²) in [5.41, 5.74) is 0.675. The molecule has 22 heavy (non-hydrogen) atoms. The van der Waals surface area contributed by atoms with E-state index >= 15 is 0 Å². The van der Waals surface area contributed by atoms with Gasteiger partial charge in [0.15, 0.2) is 9.84 Å². The van der Waals surface area contributed by atoms with Crippen molar-refractivity contribution in [1.82, 2.24) is 0 Å². The molecule has 1 aromatic rings. The van der Waals surface area contributed by atoms with Crippen molar-refractivity contribution in [2.24, 2.45) is 5.92 Å². The topological polar surface area (TPSA) is 63.7 Å². The molecular weight excluding hydrogens is 302 g/mol. The summed E-state index contributed by atoms with van der Waals surface area (Å²) in [5.74, 6) is 0.329. The summed E-state index contributed by atoms with van der Waals surface area (Å²) < 4.78 is 28.7. The molecule has 1 aliphatic heterocycles. The molecule has 0 saturated heterocycles. The lowest BCUT2D eigenvalue weighted by Gasteiger charge is -2.29. The van der Waals surface area contributed by atoms with Gasteiger partial charge in [-0.25, -0.2) is 8.42 Å². The summed E-state index contributed by atoms with van der Waals surface area (Å²) >= 11 is 0. The summed E-state index contributed by atoms with van der Waals surface area (Å²) in [6, 6.07) is 6.67. The molecule has 1 heterocycles. The molecule has 6 heteroatoms. The summed E-state index contributed by atoms with van der Waals surface area (Å²) in [4.78, 5) is 14.1. The maximum absolute atomic E-state index is 12.5. The van der Waals surface area contributed by atoms with Crippen LogP contribution in [0.2, 0.25) is 0 Å². The minimum atomic E-state index is -3.22. The number of carbonyl (C=O) groups is 1. The first kappa shape index (κ1) is 16.5. The van der Waals surface area contributed by atoms with Gasteiger partial charge in [-0.1, -0.05) is 13.8 Å². The van der Waals surface area contributed by atoms with Crippen LogP contribution >= 0.6 is 0 Å². The summed E-state index contributed by atoms with van der Waals surface area (Å²) in [6.45, 7) is 6.07. The van der Waals surface area contributed by atoms with Gasteiger partial charge >= 0.3 is 0 Å². The summed E-state index contributed by atoms with van der Waals surface area (Å²) in [5, 5.41) is 1.19. The van der Waals surface area contributed by atoms with Gasteiger partial charge in [0.1, 0.15) is 5.75 Å². The number of benzene rings is 1. The van der Waals surface area contributed by atoms with Gasteiger partial charge in [-0.05, 0) is 37.3 Å². The van der Waals surface area contributed by atoms with Gasteiger partial charge in [-0.15, -0.1) is 0 Å². The van der Waals surface area contributed by atoms with Crippen LogP contribution in [0.25, 0.3) is 0 Å². The van der Waals surface area contributed by atoms with E-state index in [1.54, 1.807) is 49.1 Å². The molecule has 2 rings (SSSR count). The average molecular weight is 323 g/mol. The van der Waals surface area contributed by atoms with Crippen molar-refractivity contribution in [2.75, 3.05) is 17.3 Å². The minimum Gasteiger partial charge on any atom is -0.494 e. The van der Waals surface area contributed by atoms with Gasteiger partial charge in [0.25, 0.3) is 0 Å². The standard InChI is InChI=1S/C16H21NO4S/c1-4-21-15-7-5-13(6-8-15)17(16(18)12(2)3)14-9-10-22(19,20)11-14/h5-10,12,14H,4,11H2,1-3H3/t14-/m0/s1. The smallest absolute Gasteiger partial charge is 0.230 e. The van der Waals surface area contributed by atoms with Crippen molar-refractivity contribution in [2.45, 2.75) is 26.8 Å². The van der Waals surface area contributed by atoms with E-state index in [9.17, 15) is 13.2 Å². The van der Waals surface area contributed by atoms with E-state index < -0.39 is 15.9 Å². The molecule has 0 bridgehead atoms. The van der Waals surface area contributed by atoms with Crippen LogP contribution in [0.5, 0.6) is 5.75 Å². The van der Waals surface area contributed by atoms with Crippen LogP contribution in [-0.4, -0.2) is 32.7 Å². The van der Waals surface area contributed by atoms with Crippen LogP contribution in [0.4, 0.5) is 5.69 Å². The minimum absolute atomic E-state index is 0.0708. The second-order valence-corrected chi connectivity index (χ2v) is 7.45. The SMILES string of the molecule is CCOc1ccc(N(C(=O)C(C)C)[C@H]2C=CS(=O)(=O)C2)cc1. The predicted molar refractivity (Wildman–Crippen MR) is 86.6 cm³/mol. The van der Waals surface area contributed by atoms with Gasteiger partial charge in [-0.2, -0.15) is 0 Å². The molecule has 0 unspecified atom stereocenters. The number of nitrogens with zero attached hydrogens (tertiary/aromatic N) is 1. The molecule has 0 radical (unpaired) electrons. The van der Waals surface area contributed by atoms with Crippen LogP contribution in [0.3, 0.4) is 0 Å². The number of hydrogen-bond donors (Lipinski definition) is 0. The van der Waals surface area contributed by atoms with E-state index in [1.165, 1.54) is 5.41 Å². The second-order valence-electron chi connectivity index (χ2n) is 5.52. The van der Waals surface area contributed by atoms with Gasteiger partial charge < -0.3 is 9.64 Å². The lowest BCUT2D eigenvalue weighted by molar-refractivity contribution is -0.121. The Kier molecular flexibility index (Phi) is 4.90. The average Bonchev–Trinajstić information content (AvgIpc) is 2.81. The van der Waals surface area contributed by atoms with Gasteiger partial charge in [0.05, 0.1) is 18.4 Å². The zero-order valence-corrected chi connectivity index (χ0v) is 13.8. The third-order valence-corrected chi connectivity index (χ3v) is 4.78. The fraction of sp³-hybridized carbons (Fsp3) is 0.438. The van der Waals surface area contributed by atoms with E-state index in [1.807, 2.05) is 6.92 Å². The van der Waals surface area contributed by atoms with Crippen LogP contribution < -0.4 is 9.64 Å². The molecule has 120 valence electrons. The number of rotatable bonds is 5. The van der Waals surface area contributed by atoms with E-state index in [0.29, 0.717) is 12.3 Å². The number of ether oxygens (including phenoxy) is 1. The Bertz CT molecular complexity index is 662. The molecule has 1 aromatic carbocycles. The van der Waals surface area contributed by atoms with Gasteiger partial charge in [0, 0.05) is 17.0 Å². The molecule has 0 N–H and O–H groups in total. The number of sulfone groups is 1. The quantitative estimate of drug-likeness (QED) is 0.834. The summed E-state index contributed by atoms with van der Waals surface area (Å²) in [6.07, 6.45) is 1.58. The molecule has 0 saturated carbocycles. The Hall–Kier alpha value is -1.82. The number of anilines is 1. The third-order valence-electron chi connectivity index (χ3n) is 3.40. The molecule has 0 aromatic heterocycles. The molecule has 0 spiro atoms. The van der Waals surface area contributed by atoms with Crippen molar-refractivity contribution < 1.29 is 17.9 Å². The number of hydrogen-bond acceptors (Lipinski definition) is 4. The third kappa shape index (κ3) is 3.68. The van der Waals surface area contributed by atoms with Gasteiger partial charge in [0.2, 0.25) is 5.91 Å².